The molecule has 1 saturated heterocycles. The SMILES string of the molecule is O=C([C@@H]1C[C@H]1c1ccccc1)N1CCN(c2ccc(S(=O)(=O)Nc3ccncn3)cc2)CC1.[HH].[HH].[HH]. The van der Waals surface area contributed by atoms with Crippen LogP contribution in [0.1, 0.15) is 22.2 Å². The van der Waals surface area contributed by atoms with E-state index < -0.39 is 10.0 Å². The van der Waals surface area contributed by atoms with Gasteiger partial charge in [0.1, 0.15) is 12.1 Å². The van der Waals surface area contributed by atoms with Crippen molar-refractivity contribution < 1.29 is 17.5 Å². The summed E-state index contributed by atoms with van der Waals surface area (Å²) in [5, 5.41) is 0. The van der Waals surface area contributed by atoms with Gasteiger partial charge in [0.25, 0.3) is 10.0 Å². The van der Waals surface area contributed by atoms with E-state index in [1.807, 2.05) is 23.1 Å². The number of hydrogen-bond donors (Lipinski definition) is 1. The molecule has 0 radical (unpaired) electrons. The summed E-state index contributed by atoms with van der Waals surface area (Å²) in [6, 6.07) is 18.5. The van der Waals surface area contributed by atoms with Gasteiger partial charge in [-0.15, -0.1) is 0 Å². The van der Waals surface area contributed by atoms with Crippen molar-refractivity contribution in [2.45, 2.75) is 17.2 Å². The Hall–Kier alpha value is -3.46. The van der Waals surface area contributed by atoms with Crippen LogP contribution in [-0.2, 0) is 14.8 Å². The molecule has 33 heavy (non-hydrogen) atoms. The van der Waals surface area contributed by atoms with Gasteiger partial charge in [0.2, 0.25) is 5.91 Å². The minimum absolute atomic E-state index is 0. The first-order valence-corrected chi connectivity index (χ1v) is 12.5. The van der Waals surface area contributed by atoms with Crippen LogP contribution in [0.3, 0.4) is 0 Å². The van der Waals surface area contributed by atoms with Crippen molar-refractivity contribution in [1.82, 2.24) is 14.9 Å². The number of rotatable bonds is 6. The molecule has 1 saturated carbocycles. The minimum atomic E-state index is -3.72. The van der Waals surface area contributed by atoms with Crippen LogP contribution < -0.4 is 9.62 Å². The summed E-state index contributed by atoms with van der Waals surface area (Å²) >= 11 is 0. The number of benzene rings is 2. The summed E-state index contributed by atoms with van der Waals surface area (Å²) in [6.45, 7) is 2.79. The molecule has 1 aliphatic heterocycles. The van der Waals surface area contributed by atoms with Crippen LogP contribution in [0.15, 0.2) is 78.1 Å². The summed E-state index contributed by atoms with van der Waals surface area (Å²) in [6.07, 6.45) is 3.70. The number of hydrogen-bond acceptors (Lipinski definition) is 6. The number of carbonyl (C=O) groups excluding carboxylic acids is 1. The third kappa shape index (κ3) is 4.68. The fourth-order valence-electron chi connectivity index (χ4n) is 4.34. The highest BCUT2D eigenvalue weighted by Gasteiger charge is 2.46. The Balaban J connectivity index is 0.00000152. The van der Waals surface area contributed by atoms with E-state index in [9.17, 15) is 13.2 Å². The Bertz CT molecular complexity index is 1230. The zero-order chi connectivity index (χ0) is 22.8. The maximum Gasteiger partial charge on any atom is 0.263 e. The van der Waals surface area contributed by atoms with E-state index in [0.29, 0.717) is 19.0 Å². The van der Waals surface area contributed by atoms with Crippen molar-refractivity contribution in [2.75, 3.05) is 35.8 Å². The number of carbonyl (C=O) groups is 1. The number of aromatic nitrogens is 2. The molecule has 9 heteroatoms. The van der Waals surface area contributed by atoms with Crippen LogP contribution in [0.4, 0.5) is 11.5 Å². The molecule has 3 aromatic rings. The molecule has 1 N–H and O–H groups in total. The van der Waals surface area contributed by atoms with Gasteiger partial charge in [-0.05, 0) is 48.2 Å². The Labute approximate surface area is 197 Å². The van der Waals surface area contributed by atoms with E-state index in [0.717, 1.165) is 25.2 Å². The summed E-state index contributed by atoms with van der Waals surface area (Å²) in [5.74, 6) is 0.925. The topological polar surface area (TPSA) is 95.5 Å². The zero-order valence-electron chi connectivity index (χ0n) is 18.0. The second-order valence-corrected chi connectivity index (χ2v) is 10.0. The van der Waals surface area contributed by atoms with Gasteiger partial charge in [-0.25, -0.2) is 18.4 Å². The lowest BCUT2D eigenvalue weighted by atomic mass is 10.1. The first-order valence-electron chi connectivity index (χ1n) is 11.0. The molecule has 2 fully saturated rings. The fraction of sp³-hybridized carbons (Fsp3) is 0.292. The second-order valence-electron chi connectivity index (χ2n) is 8.37. The lowest BCUT2D eigenvalue weighted by Gasteiger charge is -2.36. The number of piperazine rings is 1. The number of nitrogens with zero attached hydrogens (tertiary/aromatic N) is 4. The quantitative estimate of drug-likeness (QED) is 0.594. The molecule has 176 valence electrons. The van der Waals surface area contributed by atoms with Crippen molar-refractivity contribution in [1.29, 1.82) is 0 Å². The first-order chi connectivity index (χ1) is 16.0. The molecule has 1 aliphatic carbocycles. The number of sulfonamides is 1. The number of anilines is 2. The van der Waals surface area contributed by atoms with E-state index in [1.54, 1.807) is 24.3 Å². The van der Waals surface area contributed by atoms with Crippen LogP contribution in [0.25, 0.3) is 0 Å². The predicted octanol–water partition coefficient (Wildman–Crippen LogP) is 3.47. The summed E-state index contributed by atoms with van der Waals surface area (Å²) in [4.78, 5) is 24.9. The zero-order valence-corrected chi connectivity index (χ0v) is 18.9. The minimum Gasteiger partial charge on any atom is -0.368 e. The molecular formula is C24H31N5O3S. The van der Waals surface area contributed by atoms with Crippen molar-refractivity contribution in [2.24, 2.45) is 5.92 Å². The summed E-state index contributed by atoms with van der Waals surface area (Å²) in [7, 11) is -3.72. The van der Waals surface area contributed by atoms with Crippen molar-refractivity contribution in [3.05, 3.63) is 78.8 Å². The van der Waals surface area contributed by atoms with Crippen LogP contribution >= 0.6 is 0 Å². The maximum atomic E-state index is 12.9. The van der Waals surface area contributed by atoms with Gasteiger partial charge in [-0.2, -0.15) is 0 Å². The van der Waals surface area contributed by atoms with Gasteiger partial charge in [-0.3, -0.25) is 9.52 Å². The lowest BCUT2D eigenvalue weighted by Crippen LogP contribution is -2.49. The molecule has 2 aromatic carbocycles. The number of nitrogens with one attached hydrogen (secondary N) is 1. The molecule has 8 nitrogen and oxygen atoms in total. The fourth-order valence-corrected chi connectivity index (χ4v) is 5.35. The largest absolute Gasteiger partial charge is 0.368 e. The molecule has 2 heterocycles. The third-order valence-electron chi connectivity index (χ3n) is 6.26. The van der Waals surface area contributed by atoms with Gasteiger partial charge in [-0.1, -0.05) is 30.3 Å². The van der Waals surface area contributed by atoms with Gasteiger partial charge < -0.3 is 9.80 Å². The predicted molar refractivity (Wildman–Crippen MR) is 132 cm³/mol. The monoisotopic (exact) mass is 469 g/mol. The Morgan fingerprint density at radius 3 is 2.36 bits per heavy atom. The van der Waals surface area contributed by atoms with Gasteiger partial charge in [0.05, 0.1) is 4.90 Å². The Kier molecular flexibility index (Phi) is 5.72. The second kappa shape index (κ2) is 8.82. The average molecular weight is 470 g/mol. The molecule has 0 unspecified atom stereocenters. The third-order valence-corrected chi connectivity index (χ3v) is 7.63. The van der Waals surface area contributed by atoms with E-state index in [2.05, 4.69) is 31.7 Å². The highest BCUT2D eigenvalue weighted by atomic mass is 32.2. The normalized spacial score (nSPS) is 20.4. The Morgan fingerprint density at radius 2 is 1.70 bits per heavy atom. The highest BCUT2D eigenvalue weighted by molar-refractivity contribution is 7.92. The van der Waals surface area contributed by atoms with E-state index in [4.69, 9.17) is 0 Å². The molecule has 1 amide bonds. The van der Waals surface area contributed by atoms with E-state index in [1.165, 1.54) is 24.2 Å². The lowest BCUT2D eigenvalue weighted by molar-refractivity contribution is -0.132. The standard InChI is InChI=1S/C24H25N5O3S.3H2/c30-24(22-16-21(22)18-4-2-1-3-5-18)29-14-12-28(13-15-29)19-6-8-20(9-7-19)33(31,32)27-23-10-11-25-17-26-23;;;/h1-11,17,21-22H,12-16H2,(H,25,26,27);3*1H/t21-,22+;;;/m0.../s1. The smallest absolute Gasteiger partial charge is 0.263 e. The van der Waals surface area contributed by atoms with Gasteiger partial charge >= 0.3 is 0 Å². The highest BCUT2D eigenvalue weighted by Crippen LogP contribution is 2.48. The van der Waals surface area contributed by atoms with E-state index in [-0.39, 0.29) is 26.8 Å². The molecular weight excluding hydrogens is 438 g/mol. The summed E-state index contributed by atoms with van der Waals surface area (Å²) < 4.78 is 27.6. The molecule has 0 spiro atoms. The summed E-state index contributed by atoms with van der Waals surface area (Å²) in [5.41, 5.74) is 2.19. The van der Waals surface area contributed by atoms with Gasteiger partial charge in [0.15, 0.2) is 0 Å². The molecule has 5 rings (SSSR count). The van der Waals surface area contributed by atoms with Crippen LogP contribution in [0.5, 0.6) is 0 Å². The molecule has 2 atom stereocenters. The average Bonchev–Trinajstić information content (AvgIpc) is 3.66. The van der Waals surface area contributed by atoms with Crippen molar-refractivity contribution >= 4 is 27.4 Å². The van der Waals surface area contributed by atoms with E-state index >= 15 is 0 Å². The van der Waals surface area contributed by atoms with Gasteiger partial charge in [0, 0.05) is 48.3 Å². The van der Waals surface area contributed by atoms with Crippen LogP contribution in [0, 0.1) is 5.92 Å². The Morgan fingerprint density at radius 1 is 0.970 bits per heavy atom. The van der Waals surface area contributed by atoms with Crippen molar-refractivity contribution in [3.63, 3.8) is 0 Å². The molecule has 1 aromatic heterocycles. The molecule has 0 bridgehead atoms. The first kappa shape index (κ1) is 21.4. The van der Waals surface area contributed by atoms with Crippen molar-refractivity contribution in [3.8, 4) is 0 Å². The number of amides is 1. The van der Waals surface area contributed by atoms with Crippen LogP contribution in [-0.4, -0.2) is 55.4 Å². The maximum absolute atomic E-state index is 12.9. The molecule has 2 aliphatic rings. The van der Waals surface area contributed by atoms with Crippen LogP contribution in [0.2, 0.25) is 0 Å².